The molecule has 1 aromatic carbocycles. The summed E-state index contributed by atoms with van der Waals surface area (Å²) in [5.74, 6) is 0. The molecule has 6 heteroatoms. The van der Waals surface area contributed by atoms with E-state index in [0.29, 0.717) is 37.6 Å². The Labute approximate surface area is 127 Å². The topological polar surface area (TPSA) is 72.6 Å². The zero-order valence-electron chi connectivity index (χ0n) is 12.7. The van der Waals surface area contributed by atoms with E-state index in [1.807, 2.05) is 26.0 Å². The van der Waals surface area contributed by atoms with Gasteiger partial charge in [-0.1, -0.05) is 26.0 Å². The summed E-state index contributed by atoms with van der Waals surface area (Å²) >= 11 is 0. The molecule has 1 aliphatic heterocycles. The molecular formula is C15H24N2O3S. The van der Waals surface area contributed by atoms with Gasteiger partial charge in [0.05, 0.1) is 17.6 Å². The summed E-state index contributed by atoms with van der Waals surface area (Å²) in [4.78, 5) is 0.393. The van der Waals surface area contributed by atoms with Gasteiger partial charge in [-0.05, 0) is 30.0 Å². The largest absolute Gasteiger partial charge is 0.375 e. The Hall–Kier alpha value is -0.950. The summed E-state index contributed by atoms with van der Waals surface area (Å²) in [5, 5.41) is 0. The Morgan fingerprint density at radius 1 is 1.38 bits per heavy atom. The molecule has 21 heavy (non-hydrogen) atoms. The number of nitrogens with two attached hydrogens (primary N) is 1. The maximum Gasteiger partial charge on any atom is 0.243 e. The molecule has 1 heterocycles. The first-order valence-corrected chi connectivity index (χ1v) is 8.90. The molecule has 1 saturated heterocycles. The molecule has 0 aliphatic carbocycles. The highest BCUT2D eigenvalue weighted by Gasteiger charge is 2.31. The summed E-state index contributed by atoms with van der Waals surface area (Å²) in [6.07, 6.45) is 1.48. The van der Waals surface area contributed by atoms with Gasteiger partial charge in [0, 0.05) is 19.6 Å². The fourth-order valence-electron chi connectivity index (χ4n) is 2.55. The zero-order valence-corrected chi connectivity index (χ0v) is 13.5. The monoisotopic (exact) mass is 312 g/mol. The van der Waals surface area contributed by atoms with E-state index in [2.05, 4.69) is 0 Å². The van der Waals surface area contributed by atoms with Crippen LogP contribution in [-0.2, 0) is 27.7 Å². The fraction of sp³-hybridized carbons (Fsp3) is 0.600. The third kappa shape index (κ3) is 3.45. The van der Waals surface area contributed by atoms with Crippen molar-refractivity contribution in [1.82, 2.24) is 4.31 Å². The molecule has 1 fully saturated rings. The number of nitrogens with zero attached hydrogens (tertiary/aromatic N) is 1. The second-order valence-corrected chi connectivity index (χ2v) is 7.17. The smallest absolute Gasteiger partial charge is 0.243 e. The van der Waals surface area contributed by atoms with E-state index < -0.39 is 10.0 Å². The van der Waals surface area contributed by atoms with E-state index in [1.165, 1.54) is 0 Å². The number of ether oxygens (including phenoxy) is 1. The number of hydrogen-bond acceptors (Lipinski definition) is 4. The lowest BCUT2D eigenvalue weighted by molar-refractivity contribution is -0.00279. The quantitative estimate of drug-likeness (QED) is 0.894. The van der Waals surface area contributed by atoms with Crippen LogP contribution in [0.15, 0.2) is 23.1 Å². The van der Waals surface area contributed by atoms with Crippen LogP contribution in [-0.4, -0.2) is 38.5 Å². The predicted molar refractivity (Wildman–Crippen MR) is 82.5 cm³/mol. The van der Waals surface area contributed by atoms with Gasteiger partial charge in [0.15, 0.2) is 0 Å². The molecule has 118 valence electrons. The highest BCUT2D eigenvalue weighted by Crippen LogP contribution is 2.24. The number of hydrogen-bond donors (Lipinski definition) is 1. The van der Waals surface area contributed by atoms with E-state index >= 15 is 0 Å². The third-order valence-electron chi connectivity index (χ3n) is 3.92. The Morgan fingerprint density at radius 3 is 2.76 bits per heavy atom. The first-order valence-electron chi connectivity index (χ1n) is 7.46. The summed E-state index contributed by atoms with van der Waals surface area (Å²) in [7, 11) is -3.48. The molecule has 1 atom stereocenters. The normalized spacial score (nSPS) is 20.6. The van der Waals surface area contributed by atoms with E-state index in [4.69, 9.17) is 10.5 Å². The maximum absolute atomic E-state index is 12.9. The Morgan fingerprint density at radius 2 is 2.14 bits per heavy atom. The average molecular weight is 312 g/mol. The minimum Gasteiger partial charge on any atom is -0.375 e. The molecule has 1 aromatic rings. The van der Waals surface area contributed by atoms with Gasteiger partial charge in [-0.15, -0.1) is 0 Å². The highest BCUT2D eigenvalue weighted by molar-refractivity contribution is 7.89. The molecule has 2 rings (SSSR count). The average Bonchev–Trinajstić information content (AvgIpc) is 2.54. The Balaban J connectivity index is 2.38. The van der Waals surface area contributed by atoms with Crippen molar-refractivity contribution in [3.63, 3.8) is 0 Å². The molecule has 2 N–H and O–H groups in total. The van der Waals surface area contributed by atoms with Crippen molar-refractivity contribution >= 4 is 10.0 Å². The summed E-state index contributed by atoms with van der Waals surface area (Å²) < 4.78 is 33.0. The minimum absolute atomic E-state index is 0.0173. The molecule has 5 nitrogen and oxygen atoms in total. The van der Waals surface area contributed by atoms with E-state index in [-0.39, 0.29) is 6.10 Å². The van der Waals surface area contributed by atoms with Crippen LogP contribution in [0.25, 0.3) is 0 Å². The van der Waals surface area contributed by atoms with Crippen molar-refractivity contribution in [3.05, 3.63) is 29.3 Å². The van der Waals surface area contributed by atoms with Crippen LogP contribution in [0, 0.1) is 0 Å². The van der Waals surface area contributed by atoms with Crippen molar-refractivity contribution in [2.75, 3.05) is 19.7 Å². The lowest BCUT2D eigenvalue weighted by atomic mass is 10.1. The minimum atomic E-state index is -3.48. The molecule has 0 radical (unpaired) electrons. The first-order chi connectivity index (χ1) is 10.0. The summed E-state index contributed by atoms with van der Waals surface area (Å²) in [6, 6.07) is 5.48. The van der Waals surface area contributed by atoms with Gasteiger partial charge in [0.1, 0.15) is 0 Å². The maximum atomic E-state index is 12.9. The van der Waals surface area contributed by atoms with Crippen molar-refractivity contribution in [2.24, 2.45) is 5.73 Å². The van der Waals surface area contributed by atoms with Crippen LogP contribution in [0.1, 0.15) is 31.4 Å². The third-order valence-corrected chi connectivity index (χ3v) is 5.87. The molecule has 1 unspecified atom stereocenters. The zero-order chi connectivity index (χ0) is 15.5. The number of rotatable bonds is 5. The van der Waals surface area contributed by atoms with Gasteiger partial charge in [0.25, 0.3) is 0 Å². The second-order valence-electron chi connectivity index (χ2n) is 5.26. The van der Waals surface area contributed by atoms with Crippen LogP contribution < -0.4 is 5.73 Å². The van der Waals surface area contributed by atoms with Crippen molar-refractivity contribution in [2.45, 2.75) is 44.2 Å². The van der Waals surface area contributed by atoms with Crippen molar-refractivity contribution in [3.8, 4) is 0 Å². The van der Waals surface area contributed by atoms with E-state index in [0.717, 1.165) is 17.5 Å². The Kier molecular flexibility index (Phi) is 5.37. The second kappa shape index (κ2) is 6.87. The van der Waals surface area contributed by atoms with Gasteiger partial charge in [0.2, 0.25) is 10.0 Å². The lowest BCUT2D eigenvalue weighted by Crippen LogP contribution is -2.45. The molecule has 0 saturated carbocycles. The van der Waals surface area contributed by atoms with E-state index in [9.17, 15) is 8.42 Å². The molecule has 0 bridgehead atoms. The van der Waals surface area contributed by atoms with Crippen molar-refractivity contribution < 1.29 is 13.2 Å². The van der Waals surface area contributed by atoms with Crippen molar-refractivity contribution in [1.29, 1.82) is 0 Å². The molecule has 0 amide bonds. The van der Waals surface area contributed by atoms with Gasteiger partial charge >= 0.3 is 0 Å². The van der Waals surface area contributed by atoms with Crippen LogP contribution >= 0.6 is 0 Å². The summed E-state index contributed by atoms with van der Waals surface area (Å²) in [5.41, 5.74) is 7.33. The molecule has 1 aliphatic rings. The summed E-state index contributed by atoms with van der Waals surface area (Å²) in [6.45, 7) is 5.60. The molecule has 0 spiro atoms. The standard InChI is InChI=1S/C15H24N2O3S/c1-3-13-6-5-12(10-16)9-15(13)21(18,19)17-7-8-20-14(4-2)11-17/h5-6,9,14H,3-4,7-8,10-11,16H2,1-2H3. The highest BCUT2D eigenvalue weighted by atomic mass is 32.2. The van der Waals surface area contributed by atoms with Crippen LogP contribution in [0.5, 0.6) is 0 Å². The Bertz CT molecular complexity index is 587. The SMILES string of the molecule is CCc1ccc(CN)cc1S(=O)(=O)N1CCOC(CC)C1. The van der Waals surface area contributed by atoms with Crippen LogP contribution in [0.3, 0.4) is 0 Å². The van der Waals surface area contributed by atoms with Gasteiger partial charge in [-0.2, -0.15) is 4.31 Å². The number of benzene rings is 1. The van der Waals surface area contributed by atoms with Gasteiger partial charge in [-0.25, -0.2) is 8.42 Å². The van der Waals surface area contributed by atoms with Crippen LogP contribution in [0.2, 0.25) is 0 Å². The number of sulfonamides is 1. The predicted octanol–water partition coefficient (Wildman–Crippen LogP) is 1.51. The van der Waals surface area contributed by atoms with E-state index in [1.54, 1.807) is 10.4 Å². The number of morpholine rings is 1. The first kappa shape index (κ1) is 16.4. The number of aryl methyl sites for hydroxylation is 1. The molecular weight excluding hydrogens is 288 g/mol. The molecule has 0 aromatic heterocycles. The van der Waals surface area contributed by atoms with Gasteiger partial charge in [-0.3, -0.25) is 0 Å². The fourth-order valence-corrected chi connectivity index (χ4v) is 4.35. The van der Waals surface area contributed by atoms with Gasteiger partial charge < -0.3 is 10.5 Å². The lowest BCUT2D eigenvalue weighted by Gasteiger charge is -2.32. The van der Waals surface area contributed by atoms with Crippen LogP contribution in [0.4, 0.5) is 0 Å².